The lowest BCUT2D eigenvalue weighted by Crippen LogP contribution is -2.43. The average molecular weight is 316 g/mol. The molecule has 0 fully saturated rings. The zero-order valence-electron chi connectivity index (χ0n) is 13.0. The molecule has 3 nitrogen and oxygen atoms in total. The second-order valence-corrected chi connectivity index (χ2v) is 5.83. The van der Waals surface area contributed by atoms with Crippen molar-refractivity contribution in [3.63, 3.8) is 0 Å². The van der Waals surface area contributed by atoms with Crippen LogP contribution in [-0.2, 0) is 4.79 Å². The Labute approximate surface area is 133 Å². The maximum absolute atomic E-state index is 14.4. The van der Waals surface area contributed by atoms with Crippen LogP contribution in [0.4, 0.5) is 20.2 Å². The lowest BCUT2D eigenvalue weighted by molar-refractivity contribution is -0.117. The minimum atomic E-state index is -0.440. The van der Waals surface area contributed by atoms with Gasteiger partial charge >= 0.3 is 0 Å². The standard InChI is InChI=1S/C18H18F2N2O/c1-11-10-17(21-16-9-4-3-7-14(16)19)13-6-5-8-15(20)18(13)22(11)12(2)23/h3-9,11,17,21H,10H2,1-2H3. The second-order valence-electron chi connectivity index (χ2n) is 5.83. The molecule has 1 aliphatic heterocycles. The number of para-hydroxylation sites is 2. The highest BCUT2D eigenvalue weighted by Gasteiger charge is 2.34. The van der Waals surface area contributed by atoms with E-state index in [9.17, 15) is 13.6 Å². The van der Waals surface area contributed by atoms with E-state index in [-0.39, 0.29) is 29.5 Å². The van der Waals surface area contributed by atoms with Gasteiger partial charge in [-0.3, -0.25) is 4.79 Å². The molecule has 0 saturated carbocycles. The number of nitrogens with zero attached hydrogens (tertiary/aromatic N) is 1. The number of amides is 1. The predicted octanol–water partition coefficient (Wildman–Crippen LogP) is 4.26. The minimum Gasteiger partial charge on any atom is -0.376 e. The van der Waals surface area contributed by atoms with E-state index in [1.54, 1.807) is 30.3 Å². The number of rotatable bonds is 2. The van der Waals surface area contributed by atoms with E-state index in [0.717, 1.165) is 0 Å². The molecule has 0 bridgehead atoms. The van der Waals surface area contributed by atoms with Crippen molar-refractivity contribution in [2.24, 2.45) is 0 Å². The summed E-state index contributed by atoms with van der Waals surface area (Å²) in [5, 5.41) is 3.14. The smallest absolute Gasteiger partial charge is 0.224 e. The summed E-state index contributed by atoms with van der Waals surface area (Å²) in [5.41, 5.74) is 1.32. The fraction of sp³-hybridized carbons (Fsp3) is 0.278. The van der Waals surface area contributed by atoms with Gasteiger partial charge in [-0.1, -0.05) is 24.3 Å². The van der Waals surface area contributed by atoms with Crippen LogP contribution in [0.1, 0.15) is 31.9 Å². The van der Waals surface area contributed by atoms with Gasteiger partial charge in [0.05, 0.1) is 17.4 Å². The fourth-order valence-electron chi connectivity index (χ4n) is 3.23. The number of carbonyl (C=O) groups is 1. The Balaban J connectivity index is 2.04. The molecule has 1 amide bonds. The van der Waals surface area contributed by atoms with E-state index in [0.29, 0.717) is 17.7 Å². The largest absolute Gasteiger partial charge is 0.376 e. The highest BCUT2D eigenvalue weighted by Crippen LogP contribution is 2.40. The Morgan fingerprint density at radius 2 is 1.83 bits per heavy atom. The normalized spacial score (nSPS) is 20.1. The molecule has 0 radical (unpaired) electrons. The summed E-state index contributed by atoms with van der Waals surface area (Å²) < 4.78 is 28.3. The Kier molecular flexibility index (Phi) is 4.03. The SMILES string of the molecule is CC(=O)N1c2c(F)cccc2C(Nc2ccccc2F)CC1C. The molecule has 120 valence electrons. The molecule has 2 unspecified atom stereocenters. The van der Waals surface area contributed by atoms with Gasteiger partial charge in [-0.15, -0.1) is 0 Å². The van der Waals surface area contributed by atoms with E-state index >= 15 is 0 Å². The lowest BCUT2D eigenvalue weighted by Gasteiger charge is -2.39. The fourth-order valence-corrected chi connectivity index (χ4v) is 3.23. The van der Waals surface area contributed by atoms with Crippen LogP contribution in [0.15, 0.2) is 42.5 Å². The monoisotopic (exact) mass is 316 g/mol. The summed E-state index contributed by atoms with van der Waals surface area (Å²) in [6, 6.07) is 10.7. The van der Waals surface area contributed by atoms with Gasteiger partial charge < -0.3 is 10.2 Å². The third kappa shape index (κ3) is 2.79. The Hall–Kier alpha value is -2.43. The number of anilines is 2. The zero-order chi connectivity index (χ0) is 16.6. The van der Waals surface area contributed by atoms with Gasteiger partial charge in [0.25, 0.3) is 0 Å². The van der Waals surface area contributed by atoms with Crippen LogP contribution in [0.5, 0.6) is 0 Å². The van der Waals surface area contributed by atoms with Crippen LogP contribution in [0, 0.1) is 11.6 Å². The maximum atomic E-state index is 14.4. The van der Waals surface area contributed by atoms with Crippen molar-refractivity contribution in [3.8, 4) is 0 Å². The Bertz CT molecular complexity index is 748. The topological polar surface area (TPSA) is 32.3 Å². The van der Waals surface area contributed by atoms with Crippen LogP contribution < -0.4 is 10.2 Å². The van der Waals surface area contributed by atoms with E-state index in [2.05, 4.69) is 5.32 Å². The minimum absolute atomic E-state index is 0.179. The average Bonchev–Trinajstić information content (AvgIpc) is 2.50. The molecule has 1 heterocycles. The van der Waals surface area contributed by atoms with Crippen molar-refractivity contribution in [1.82, 2.24) is 0 Å². The number of carbonyl (C=O) groups excluding carboxylic acids is 1. The summed E-state index contributed by atoms with van der Waals surface area (Å²) >= 11 is 0. The first-order valence-corrected chi connectivity index (χ1v) is 7.58. The Morgan fingerprint density at radius 1 is 1.13 bits per heavy atom. The Morgan fingerprint density at radius 3 is 2.52 bits per heavy atom. The third-order valence-corrected chi connectivity index (χ3v) is 4.19. The summed E-state index contributed by atoms with van der Waals surface area (Å²) in [6.07, 6.45) is 0.574. The summed E-state index contributed by atoms with van der Waals surface area (Å²) in [5.74, 6) is -0.995. The summed E-state index contributed by atoms with van der Waals surface area (Å²) in [7, 11) is 0. The van der Waals surface area contributed by atoms with Crippen molar-refractivity contribution < 1.29 is 13.6 Å². The molecule has 23 heavy (non-hydrogen) atoms. The first-order chi connectivity index (χ1) is 11.0. The van der Waals surface area contributed by atoms with Crippen molar-refractivity contribution in [3.05, 3.63) is 59.7 Å². The van der Waals surface area contributed by atoms with Gasteiger partial charge in [-0.05, 0) is 31.5 Å². The molecular weight excluding hydrogens is 298 g/mol. The number of hydrogen-bond acceptors (Lipinski definition) is 2. The van der Waals surface area contributed by atoms with E-state index in [4.69, 9.17) is 0 Å². The summed E-state index contributed by atoms with van der Waals surface area (Å²) in [6.45, 7) is 3.30. The third-order valence-electron chi connectivity index (χ3n) is 4.19. The van der Waals surface area contributed by atoms with Gasteiger partial charge in [0.15, 0.2) is 0 Å². The van der Waals surface area contributed by atoms with Gasteiger partial charge in [0.1, 0.15) is 11.6 Å². The molecule has 5 heteroatoms. The molecule has 1 N–H and O–H groups in total. The van der Waals surface area contributed by atoms with Crippen LogP contribution in [0.2, 0.25) is 0 Å². The lowest BCUT2D eigenvalue weighted by atomic mass is 9.91. The summed E-state index contributed by atoms with van der Waals surface area (Å²) in [4.78, 5) is 13.4. The molecule has 0 aliphatic carbocycles. The molecule has 0 aromatic heterocycles. The number of nitrogens with one attached hydrogen (secondary N) is 1. The molecule has 2 aromatic rings. The highest BCUT2D eigenvalue weighted by atomic mass is 19.1. The van der Waals surface area contributed by atoms with Crippen LogP contribution in [0.3, 0.4) is 0 Å². The van der Waals surface area contributed by atoms with E-state index < -0.39 is 5.82 Å². The predicted molar refractivity (Wildman–Crippen MR) is 86.4 cm³/mol. The van der Waals surface area contributed by atoms with Gasteiger partial charge in [0, 0.05) is 18.5 Å². The van der Waals surface area contributed by atoms with Gasteiger partial charge in [-0.25, -0.2) is 8.78 Å². The van der Waals surface area contributed by atoms with Crippen LogP contribution in [0.25, 0.3) is 0 Å². The molecule has 3 rings (SSSR count). The van der Waals surface area contributed by atoms with Crippen molar-refractivity contribution in [2.75, 3.05) is 10.2 Å². The molecule has 0 saturated heterocycles. The number of fused-ring (bicyclic) bond motifs is 1. The maximum Gasteiger partial charge on any atom is 0.224 e. The number of benzene rings is 2. The molecule has 2 atom stereocenters. The van der Waals surface area contributed by atoms with E-state index in [1.807, 2.05) is 6.92 Å². The number of hydrogen-bond donors (Lipinski definition) is 1. The van der Waals surface area contributed by atoms with Crippen molar-refractivity contribution in [2.45, 2.75) is 32.4 Å². The quantitative estimate of drug-likeness (QED) is 0.897. The zero-order valence-corrected chi connectivity index (χ0v) is 13.0. The van der Waals surface area contributed by atoms with Crippen LogP contribution >= 0.6 is 0 Å². The van der Waals surface area contributed by atoms with Crippen molar-refractivity contribution in [1.29, 1.82) is 0 Å². The molecule has 0 spiro atoms. The van der Waals surface area contributed by atoms with E-state index in [1.165, 1.54) is 24.0 Å². The van der Waals surface area contributed by atoms with Crippen molar-refractivity contribution >= 4 is 17.3 Å². The first-order valence-electron chi connectivity index (χ1n) is 7.58. The second kappa shape index (κ2) is 5.99. The molecular formula is C18H18F2N2O. The molecule has 2 aromatic carbocycles. The van der Waals surface area contributed by atoms with Gasteiger partial charge in [0.2, 0.25) is 5.91 Å². The highest BCUT2D eigenvalue weighted by molar-refractivity contribution is 5.94. The van der Waals surface area contributed by atoms with Gasteiger partial charge in [-0.2, -0.15) is 0 Å². The van der Waals surface area contributed by atoms with Crippen LogP contribution in [-0.4, -0.2) is 11.9 Å². The number of halogens is 2. The molecule has 1 aliphatic rings. The first kappa shape index (κ1) is 15.5.